The molecule has 33 heavy (non-hydrogen) atoms. The molecule has 1 aliphatic heterocycles. The van der Waals surface area contributed by atoms with Gasteiger partial charge in [0, 0.05) is 30.6 Å². The maximum atomic E-state index is 12.9. The molecule has 1 saturated heterocycles. The number of alkyl halides is 3. The van der Waals surface area contributed by atoms with E-state index in [0.717, 1.165) is 12.1 Å². The van der Waals surface area contributed by atoms with Crippen LogP contribution in [0.15, 0.2) is 52.9 Å². The van der Waals surface area contributed by atoms with Crippen molar-refractivity contribution >= 4 is 23.3 Å². The minimum atomic E-state index is -4.68. The van der Waals surface area contributed by atoms with Crippen LogP contribution in [0.25, 0.3) is 11.5 Å². The van der Waals surface area contributed by atoms with Crippen molar-refractivity contribution in [2.45, 2.75) is 19.0 Å². The van der Waals surface area contributed by atoms with Gasteiger partial charge in [-0.1, -0.05) is 23.3 Å². The van der Waals surface area contributed by atoms with Crippen molar-refractivity contribution in [1.29, 1.82) is 0 Å². The first-order valence-electron chi connectivity index (χ1n) is 10.0. The molecule has 1 aromatic heterocycles. The summed E-state index contributed by atoms with van der Waals surface area (Å²) in [6.07, 6.45) is -3.98. The van der Waals surface area contributed by atoms with Gasteiger partial charge < -0.3 is 9.32 Å². The van der Waals surface area contributed by atoms with Crippen LogP contribution in [0, 0.1) is 16.0 Å². The van der Waals surface area contributed by atoms with Gasteiger partial charge in [0.05, 0.1) is 10.5 Å². The largest absolute Gasteiger partial charge is 0.416 e. The Labute approximate surface area is 185 Å². The van der Waals surface area contributed by atoms with Gasteiger partial charge in [0.2, 0.25) is 11.8 Å². The van der Waals surface area contributed by atoms with Crippen molar-refractivity contribution in [2.24, 2.45) is 5.92 Å². The van der Waals surface area contributed by atoms with Gasteiger partial charge >= 0.3 is 12.2 Å². The highest BCUT2D eigenvalue weighted by Crippen LogP contribution is 2.37. The third-order valence-electron chi connectivity index (χ3n) is 5.38. The van der Waals surface area contributed by atoms with E-state index in [1.54, 1.807) is 17.0 Å². The molecule has 3 aromatic rings. The number of nitrogens with one attached hydrogen (secondary N) is 1. The standard InChI is InChI=1S/C21H18F3N5O4/c22-21(23,24)15-6-7-16(17(12-15)29(31)32)28-10-8-13(9-11-28)18(30)25-20-27-26-19(33-20)14-4-2-1-3-5-14/h1-7,12-13H,8-11H2,(H,25,27,30). The fraction of sp³-hybridized carbons (Fsp3) is 0.286. The molecule has 0 unspecified atom stereocenters. The number of carbonyl (C=O) groups excluding carboxylic acids is 1. The molecule has 0 bridgehead atoms. The summed E-state index contributed by atoms with van der Waals surface area (Å²) in [5.41, 5.74) is -0.901. The van der Waals surface area contributed by atoms with Crippen molar-refractivity contribution in [3.63, 3.8) is 0 Å². The number of carbonyl (C=O) groups is 1. The molecule has 12 heteroatoms. The average molecular weight is 461 g/mol. The Hall–Kier alpha value is -3.96. The summed E-state index contributed by atoms with van der Waals surface area (Å²) in [5, 5.41) is 21.7. The number of rotatable bonds is 5. The number of nitro groups is 1. The lowest BCUT2D eigenvalue weighted by Crippen LogP contribution is -2.38. The topological polar surface area (TPSA) is 114 Å². The summed E-state index contributed by atoms with van der Waals surface area (Å²) in [4.78, 5) is 24.7. The predicted octanol–water partition coefficient (Wildman–Crippen LogP) is 4.52. The summed E-state index contributed by atoms with van der Waals surface area (Å²) in [6.45, 7) is 0.535. The molecule has 0 radical (unpaired) electrons. The first kappa shape index (κ1) is 22.2. The zero-order chi connectivity index (χ0) is 23.6. The van der Waals surface area contributed by atoms with Gasteiger partial charge in [0.25, 0.3) is 5.69 Å². The normalized spacial score (nSPS) is 14.8. The molecule has 0 aliphatic carbocycles. The van der Waals surface area contributed by atoms with Crippen LogP contribution in [-0.2, 0) is 11.0 Å². The number of amides is 1. The van der Waals surface area contributed by atoms with Crippen LogP contribution in [0.4, 0.5) is 30.6 Å². The highest BCUT2D eigenvalue weighted by Gasteiger charge is 2.35. The maximum absolute atomic E-state index is 12.9. The van der Waals surface area contributed by atoms with Crippen molar-refractivity contribution in [3.05, 3.63) is 64.2 Å². The van der Waals surface area contributed by atoms with Gasteiger partial charge in [0.1, 0.15) is 5.69 Å². The van der Waals surface area contributed by atoms with E-state index in [4.69, 9.17) is 4.42 Å². The first-order valence-corrected chi connectivity index (χ1v) is 10.0. The minimum Gasteiger partial charge on any atom is -0.403 e. The van der Waals surface area contributed by atoms with Crippen LogP contribution in [0.3, 0.4) is 0 Å². The number of anilines is 2. The number of benzene rings is 2. The molecule has 2 heterocycles. The van der Waals surface area contributed by atoms with Gasteiger partial charge in [-0.3, -0.25) is 20.2 Å². The molecule has 1 amide bonds. The number of hydrogen-bond acceptors (Lipinski definition) is 7. The van der Waals surface area contributed by atoms with Crippen LogP contribution in [0.5, 0.6) is 0 Å². The van der Waals surface area contributed by atoms with E-state index in [9.17, 15) is 28.1 Å². The van der Waals surface area contributed by atoms with Crippen LogP contribution >= 0.6 is 0 Å². The van der Waals surface area contributed by atoms with Crippen LogP contribution < -0.4 is 10.2 Å². The fourth-order valence-corrected chi connectivity index (χ4v) is 3.67. The smallest absolute Gasteiger partial charge is 0.403 e. The third-order valence-corrected chi connectivity index (χ3v) is 5.38. The number of hydrogen-bond donors (Lipinski definition) is 1. The second-order valence-electron chi connectivity index (χ2n) is 7.49. The quantitative estimate of drug-likeness (QED) is 0.439. The second-order valence-corrected chi connectivity index (χ2v) is 7.49. The zero-order valence-electron chi connectivity index (χ0n) is 17.1. The monoisotopic (exact) mass is 461 g/mol. The van der Waals surface area contributed by atoms with E-state index in [2.05, 4.69) is 15.5 Å². The Morgan fingerprint density at radius 1 is 1.12 bits per heavy atom. The SMILES string of the molecule is O=C(Nc1nnc(-c2ccccc2)o1)C1CCN(c2ccc(C(F)(F)F)cc2[N+](=O)[O-])CC1. The molecular weight excluding hydrogens is 443 g/mol. The molecule has 1 aliphatic rings. The highest BCUT2D eigenvalue weighted by atomic mass is 19.4. The van der Waals surface area contributed by atoms with Crippen LogP contribution in [0.1, 0.15) is 18.4 Å². The van der Waals surface area contributed by atoms with E-state index in [1.165, 1.54) is 0 Å². The third kappa shape index (κ3) is 4.94. The lowest BCUT2D eigenvalue weighted by atomic mass is 9.95. The Morgan fingerprint density at radius 2 is 1.82 bits per heavy atom. The molecule has 0 atom stereocenters. The van der Waals surface area contributed by atoms with E-state index < -0.39 is 28.3 Å². The molecule has 9 nitrogen and oxygen atoms in total. The number of halogens is 3. The van der Waals surface area contributed by atoms with E-state index >= 15 is 0 Å². The summed E-state index contributed by atoms with van der Waals surface area (Å²) < 4.78 is 44.2. The molecule has 0 spiro atoms. The van der Waals surface area contributed by atoms with Crippen molar-refractivity contribution < 1.29 is 27.3 Å². The molecule has 0 saturated carbocycles. The Morgan fingerprint density at radius 3 is 2.45 bits per heavy atom. The average Bonchev–Trinajstić information content (AvgIpc) is 3.27. The Balaban J connectivity index is 1.39. The van der Waals surface area contributed by atoms with Gasteiger partial charge in [-0.2, -0.15) is 13.2 Å². The van der Waals surface area contributed by atoms with Gasteiger partial charge in [-0.15, -0.1) is 5.10 Å². The highest BCUT2D eigenvalue weighted by molar-refractivity contribution is 5.90. The Kier molecular flexibility index (Phi) is 5.99. The molecule has 172 valence electrons. The van der Waals surface area contributed by atoms with Crippen molar-refractivity contribution in [3.8, 4) is 11.5 Å². The summed E-state index contributed by atoms with van der Waals surface area (Å²) in [7, 11) is 0. The summed E-state index contributed by atoms with van der Waals surface area (Å²) in [6, 6.07) is 11.5. The molecular formula is C21H18F3N5O4. The summed E-state index contributed by atoms with van der Waals surface area (Å²) in [5.74, 6) is -0.489. The number of aromatic nitrogens is 2. The van der Waals surface area contributed by atoms with E-state index in [1.807, 2.05) is 18.2 Å². The van der Waals surface area contributed by atoms with Crippen LogP contribution in [-0.4, -0.2) is 34.1 Å². The zero-order valence-corrected chi connectivity index (χ0v) is 17.1. The lowest BCUT2D eigenvalue weighted by molar-refractivity contribution is -0.384. The second kappa shape index (κ2) is 8.88. The van der Waals surface area contributed by atoms with Crippen molar-refractivity contribution in [2.75, 3.05) is 23.3 Å². The van der Waals surface area contributed by atoms with Gasteiger partial charge in [-0.25, -0.2) is 0 Å². The number of nitrogens with zero attached hydrogens (tertiary/aromatic N) is 4. The molecule has 1 N–H and O–H groups in total. The van der Waals surface area contributed by atoms with Crippen LogP contribution in [0.2, 0.25) is 0 Å². The van der Waals surface area contributed by atoms with E-state index in [-0.39, 0.29) is 36.6 Å². The number of nitro benzene ring substituents is 1. The fourth-order valence-electron chi connectivity index (χ4n) is 3.67. The first-order chi connectivity index (χ1) is 15.7. The molecule has 1 fully saturated rings. The van der Waals surface area contributed by atoms with E-state index in [0.29, 0.717) is 24.5 Å². The van der Waals surface area contributed by atoms with Gasteiger partial charge in [-0.05, 0) is 37.1 Å². The Bertz CT molecular complexity index is 1160. The lowest BCUT2D eigenvalue weighted by Gasteiger charge is -2.32. The minimum absolute atomic E-state index is 0.0420. The maximum Gasteiger partial charge on any atom is 0.416 e. The van der Waals surface area contributed by atoms with Crippen molar-refractivity contribution in [1.82, 2.24) is 10.2 Å². The number of piperidine rings is 1. The molecule has 4 rings (SSSR count). The molecule has 2 aromatic carbocycles. The predicted molar refractivity (Wildman–Crippen MR) is 111 cm³/mol. The van der Waals surface area contributed by atoms with Gasteiger partial charge in [0.15, 0.2) is 0 Å². The summed E-state index contributed by atoms with van der Waals surface area (Å²) >= 11 is 0.